The van der Waals surface area contributed by atoms with E-state index in [1.165, 1.54) is 0 Å². The Morgan fingerprint density at radius 2 is 2.19 bits per heavy atom. The van der Waals surface area contributed by atoms with E-state index in [4.69, 9.17) is 0 Å². The van der Waals surface area contributed by atoms with Crippen molar-refractivity contribution in [3.8, 4) is 0 Å². The smallest absolute Gasteiger partial charge is 0.238 e. The maximum absolute atomic E-state index is 12.3. The molecular formula is C17H25N3O. The highest BCUT2D eigenvalue weighted by atomic mass is 16.2. The zero-order chi connectivity index (χ0) is 14.8. The minimum absolute atomic E-state index is 0.107. The third-order valence-corrected chi connectivity index (χ3v) is 5.01. The van der Waals surface area contributed by atoms with Crippen molar-refractivity contribution in [1.82, 2.24) is 10.2 Å². The predicted molar refractivity (Wildman–Crippen MR) is 85.3 cm³/mol. The summed E-state index contributed by atoms with van der Waals surface area (Å²) in [7, 11) is 0. The Morgan fingerprint density at radius 1 is 1.38 bits per heavy atom. The number of likely N-dealkylation sites (tertiary alicyclic amines) is 1. The number of para-hydroxylation sites is 1. The molecule has 2 heterocycles. The molecule has 0 radical (unpaired) electrons. The molecule has 1 aromatic rings. The lowest BCUT2D eigenvalue weighted by Crippen LogP contribution is -2.40. The van der Waals surface area contributed by atoms with E-state index in [1.54, 1.807) is 0 Å². The molecule has 114 valence electrons. The van der Waals surface area contributed by atoms with Crippen LogP contribution in [0.3, 0.4) is 0 Å². The molecule has 2 fully saturated rings. The first-order valence-electron chi connectivity index (χ1n) is 7.99. The number of nitrogens with zero attached hydrogens (tertiary/aromatic N) is 1. The van der Waals surface area contributed by atoms with Crippen molar-refractivity contribution in [2.45, 2.75) is 26.3 Å². The van der Waals surface area contributed by atoms with Gasteiger partial charge >= 0.3 is 0 Å². The van der Waals surface area contributed by atoms with Crippen LogP contribution in [-0.4, -0.2) is 43.0 Å². The zero-order valence-electron chi connectivity index (χ0n) is 12.9. The van der Waals surface area contributed by atoms with Gasteiger partial charge in [0.15, 0.2) is 0 Å². The lowest BCUT2D eigenvalue weighted by Gasteiger charge is -2.26. The fourth-order valence-corrected chi connectivity index (χ4v) is 3.94. The van der Waals surface area contributed by atoms with Gasteiger partial charge in [0, 0.05) is 18.3 Å². The molecule has 0 aliphatic carbocycles. The lowest BCUT2D eigenvalue weighted by atomic mass is 9.93. The van der Waals surface area contributed by atoms with E-state index in [0.29, 0.717) is 12.6 Å². The number of benzene rings is 1. The Bertz CT molecular complexity index is 517. The average Bonchev–Trinajstić information content (AvgIpc) is 3.01. The summed E-state index contributed by atoms with van der Waals surface area (Å²) in [6, 6.07) is 8.49. The van der Waals surface area contributed by atoms with Crippen molar-refractivity contribution < 1.29 is 4.79 Å². The molecule has 4 heteroatoms. The molecule has 3 rings (SSSR count). The van der Waals surface area contributed by atoms with Crippen LogP contribution >= 0.6 is 0 Å². The average molecular weight is 287 g/mol. The molecular weight excluding hydrogens is 262 g/mol. The van der Waals surface area contributed by atoms with Gasteiger partial charge in [0.1, 0.15) is 0 Å². The van der Waals surface area contributed by atoms with Gasteiger partial charge in [0.2, 0.25) is 5.91 Å². The highest BCUT2D eigenvalue weighted by molar-refractivity contribution is 5.93. The summed E-state index contributed by atoms with van der Waals surface area (Å²) >= 11 is 0. The zero-order valence-corrected chi connectivity index (χ0v) is 12.9. The van der Waals surface area contributed by atoms with E-state index in [-0.39, 0.29) is 5.91 Å². The molecule has 2 N–H and O–H groups in total. The number of hydrogen-bond acceptors (Lipinski definition) is 3. The van der Waals surface area contributed by atoms with Crippen LogP contribution in [0.4, 0.5) is 5.69 Å². The Labute approximate surface area is 126 Å². The number of amides is 1. The largest absolute Gasteiger partial charge is 0.325 e. The number of aryl methyl sites for hydroxylation is 1. The van der Waals surface area contributed by atoms with Gasteiger partial charge in [-0.2, -0.15) is 0 Å². The molecule has 2 saturated heterocycles. The molecule has 3 atom stereocenters. The first-order valence-corrected chi connectivity index (χ1v) is 7.99. The molecule has 0 aromatic heterocycles. The van der Waals surface area contributed by atoms with Crippen LogP contribution in [-0.2, 0) is 4.79 Å². The lowest BCUT2D eigenvalue weighted by molar-refractivity contribution is -0.117. The summed E-state index contributed by atoms with van der Waals surface area (Å²) in [6.07, 6.45) is 1.13. The number of nitrogens with one attached hydrogen (secondary N) is 2. The number of hydrogen-bond donors (Lipinski definition) is 2. The van der Waals surface area contributed by atoms with Crippen molar-refractivity contribution in [2.24, 2.45) is 11.8 Å². The van der Waals surface area contributed by atoms with Crippen LogP contribution in [0, 0.1) is 18.8 Å². The van der Waals surface area contributed by atoms with Crippen LogP contribution < -0.4 is 10.6 Å². The van der Waals surface area contributed by atoms with E-state index >= 15 is 0 Å². The number of anilines is 1. The van der Waals surface area contributed by atoms with Crippen molar-refractivity contribution in [1.29, 1.82) is 0 Å². The summed E-state index contributed by atoms with van der Waals surface area (Å²) < 4.78 is 0. The maximum atomic E-state index is 12.3. The van der Waals surface area contributed by atoms with Gasteiger partial charge in [-0.3, -0.25) is 9.69 Å². The fraction of sp³-hybridized carbons (Fsp3) is 0.588. The van der Waals surface area contributed by atoms with Crippen molar-refractivity contribution in [2.75, 3.05) is 31.5 Å². The third kappa shape index (κ3) is 2.97. The highest BCUT2D eigenvalue weighted by Crippen LogP contribution is 2.33. The molecule has 2 aliphatic rings. The van der Waals surface area contributed by atoms with E-state index in [9.17, 15) is 4.79 Å². The van der Waals surface area contributed by atoms with Gasteiger partial charge in [-0.05, 0) is 49.9 Å². The first kappa shape index (κ1) is 14.5. The standard InChI is InChI=1S/C17H25N3O/c1-3-16-14-9-18-8-13(14)10-20(16)11-17(21)19-15-7-5-4-6-12(15)2/h4-7,13-14,16,18H,3,8-11H2,1-2H3,(H,19,21). The second kappa shape index (κ2) is 6.16. The van der Waals surface area contributed by atoms with Crippen LogP contribution in [0.25, 0.3) is 0 Å². The quantitative estimate of drug-likeness (QED) is 0.888. The molecule has 4 nitrogen and oxygen atoms in total. The molecule has 1 aromatic carbocycles. The normalized spacial score (nSPS) is 28.6. The van der Waals surface area contributed by atoms with E-state index in [0.717, 1.165) is 49.1 Å². The highest BCUT2D eigenvalue weighted by Gasteiger charge is 2.43. The Kier molecular flexibility index (Phi) is 4.27. The van der Waals surface area contributed by atoms with Crippen molar-refractivity contribution >= 4 is 11.6 Å². The van der Waals surface area contributed by atoms with Crippen molar-refractivity contribution in [3.05, 3.63) is 29.8 Å². The number of rotatable bonds is 4. The van der Waals surface area contributed by atoms with E-state index in [1.807, 2.05) is 31.2 Å². The van der Waals surface area contributed by atoms with Crippen molar-refractivity contribution in [3.63, 3.8) is 0 Å². The van der Waals surface area contributed by atoms with Gasteiger partial charge in [-0.25, -0.2) is 0 Å². The van der Waals surface area contributed by atoms with Gasteiger partial charge in [0.25, 0.3) is 0 Å². The molecule has 2 aliphatic heterocycles. The summed E-state index contributed by atoms with van der Waals surface area (Å²) in [5, 5.41) is 6.53. The Morgan fingerprint density at radius 3 is 2.95 bits per heavy atom. The number of carbonyl (C=O) groups is 1. The van der Waals surface area contributed by atoms with Gasteiger partial charge in [-0.15, -0.1) is 0 Å². The number of fused-ring (bicyclic) bond motifs is 1. The minimum Gasteiger partial charge on any atom is -0.325 e. The summed E-state index contributed by atoms with van der Waals surface area (Å²) in [6.45, 7) is 8.04. The summed E-state index contributed by atoms with van der Waals surface area (Å²) in [5.41, 5.74) is 2.04. The van der Waals surface area contributed by atoms with Crippen LogP contribution in [0.5, 0.6) is 0 Å². The molecule has 0 spiro atoms. The minimum atomic E-state index is 0.107. The maximum Gasteiger partial charge on any atom is 0.238 e. The molecule has 3 unspecified atom stereocenters. The van der Waals surface area contributed by atoms with Crippen LogP contribution in [0.2, 0.25) is 0 Å². The second-order valence-corrected chi connectivity index (χ2v) is 6.35. The molecule has 0 bridgehead atoms. The SMILES string of the molecule is CCC1C2CNCC2CN1CC(=O)Nc1ccccc1C. The summed E-state index contributed by atoms with van der Waals surface area (Å²) in [5.74, 6) is 1.55. The Hall–Kier alpha value is -1.39. The van der Waals surface area contributed by atoms with Gasteiger partial charge < -0.3 is 10.6 Å². The molecule has 21 heavy (non-hydrogen) atoms. The molecule has 0 saturated carbocycles. The third-order valence-electron chi connectivity index (χ3n) is 5.01. The summed E-state index contributed by atoms with van der Waals surface area (Å²) in [4.78, 5) is 14.7. The monoisotopic (exact) mass is 287 g/mol. The van der Waals surface area contributed by atoms with Gasteiger partial charge in [-0.1, -0.05) is 25.1 Å². The first-order chi connectivity index (χ1) is 10.2. The van der Waals surface area contributed by atoms with Crippen LogP contribution in [0.1, 0.15) is 18.9 Å². The van der Waals surface area contributed by atoms with E-state index in [2.05, 4.69) is 22.5 Å². The predicted octanol–water partition coefficient (Wildman–Crippen LogP) is 1.86. The second-order valence-electron chi connectivity index (χ2n) is 6.35. The fourth-order valence-electron chi connectivity index (χ4n) is 3.94. The topological polar surface area (TPSA) is 44.4 Å². The van der Waals surface area contributed by atoms with Crippen LogP contribution in [0.15, 0.2) is 24.3 Å². The number of carbonyl (C=O) groups excluding carboxylic acids is 1. The van der Waals surface area contributed by atoms with Gasteiger partial charge in [0.05, 0.1) is 6.54 Å². The van der Waals surface area contributed by atoms with E-state index < -0.39 is 0 Å². The Balaban J connectivity index is 1.61. The molecule has 1 amide bonds.